The second-order valence-corrected chi connectivity index (χ2v) is 7.79. The predicted octanol–water partition coefficient (Wildman–Crippen LogP) is 3.55. The first kappa shape index (κ1) is 13.4. The quantitative estimate of drug-likeness (QED) is 0.846. The van der Waals surface area contributed by atoms with E-state index in [4.69, 9.17) is 0 Å². The lowest BCUT2D eigenvalue weighted by molar-refractivity contribution is 0.510. The van der Waals surface area contributed by atoms with Gasteiger partial charge >= 0.3 is 0 Å². The van der Waals surface area contributed by atoms with Crippen molar-refractivity contribution >= 4 is 9.84 Å². The van der Waals surface area contributed by atoms with Gasteiger partial charge in [-0.1, -0.05) is 61.5 Å². The van der Waals surface area contributed by atoms with Crippen LogP contribution < -0.4 is 0 Å². The molecule has 0 spiro atoms. The van der Waals surface area contributed by atoms with Gasteiger partial charge in [0.1, 0.15) is 0 Å². The van der Waals surface area contributed by atoms with Gasteiger partial charge in [0.15, 0.2) is 9.84 Å². The Hall–Kier alpha value is -1.61. The minimum Gasteiger partial charge on any atom is -0.228 e. The van der Waals surface area contributed by atoms with Crippen LogP contribution in [0.4, 0.5) is 0 Å². The van der Waals surface area contributed by atoms with E-state index in [1.165, 1.54) is 11.8 Å². The standard InChI is InChI=1S/C17H18O2S/c1-12-16(13-8-4-3-5-9-13)14-10-6-7-11-15(14)17(12)20(2,18)19/h3-12,16-17H,1-2H3/t12-,16+,17+/m0/s1. The summed E-state index contributed by atoms with van der Waals surface area (Å²) >= 11 is 0. The van der Waals surface area contributed by atoms with Gasteiger partial charge in [0.25, 0.3) is 0 Å². The molecule has 1 aliphatic rings. The van der Waals surface area contributed by atoms with Crippen molar-refractivity contribution in [3.8, 4) is 0 Å². The molecule has 2 aromatic rings. The van der Waals surface area contributed by atoms with Gasteiger partial charge in [-0.2, -0.15) is 0 Å². The van der Waals surface area contributed by atoms with E-state index in [9.17, 15) is 8.42 Å². The summed E-state index contributed by atoms with van der Waals surface area (Å²) in [5, 5.41) is -0.399. The molecule has 0 unspecified atom stereocenters. The van der Waals surface area contributed by atoms with Gasteiger partial charge in [-0.3, -0.25) is 0 Å². The first-order chi connectivity index (χ1) is 9.50. The Morgan fingerprint density at radius 3 is 2.00 bits per heavy atom. The second kappa shape index (κ2) is 4.74. The molecule has 0 bridgehead atoms. The van der Waals surface area contributed by atoms with Gasteiger partial charge < -0.3 is 0 Å². The monoisotopic (exact) mass is 286 g/mol. The number of benzene rings is 2. The van der Waals surface area contributed by atoms with Crippen molar-refractivity contribution < 1.29 is 8.42 Å². The smallest absolute Gasteiger partial charge is 0.154 e. The van der Waals surface area contributed by atoms with Crippen molar-refractivity contribution in [3.05, 3.63) is 71.3 Å². The van der Waals surface area contributed by atoms with Crippen LogP contribution in [0.2, 0.25) is 0 Å². The Morgan fingerprint density at radius 2 is 1.40 bits per heavy atom. The van der Waals surface area contributed by atoms with Crippen LogP contribution >= 0.6 is 0 Å². The van der Waals surface area contributed by atoms with Crippen LogP contribution in [0.1, 0.15) is 34.8 Å². The summed E-state index contributed by atoms with van der Waals surface area (Å²) in [6.07, 6.45) is 1.35. The van der Waals surface area contributed by atoms with E-state index in [-0.39, 0.29) is 11.8 Å². The highest BCUT2D eigenvalue weighted by molar-refractivity contribution is 7.91. The Balaban J connectivity index is 2.20. The Morgan fingerprint density at radius 1 is 0.850 bits per heavy atom. The van der Waals surface area contributed by atoms with Gasteiger partial charge in [0.2, 0.25) is 0 Å². The van der Waals surface area contributed by atoms with E-state index in [2.05, 4.69) is 18.2 Å². The highest BCUT2D eigenvalue weighted by Crippen LogP contribution is 2.51. The Kier molecular flexibility index (Phi) is 3.17. The van der Waals surface area contributed by atoms with Gasteiger partial charge in [0, 0.05) is 12.2 Å². The normalized spacial score (nSPS) is 25.4. The summed E-state index contributed by atoms with van der Waals surface area (Å²) in [5.74, 6) is 0.219. The average Bonchev–Trinajstić information content (AvgIpc) is 2.71. The van der Waals surface area contributed by atoms with Crippen LogP contribution in [0.3, 0.4) is 0 Å². The zero-order valence-corrected chi connectivity index (χ0v) is 12.5. The molecule has 0 N–H and O–H groups in total. The zero-order chi connectivity index (χ0) is 14.3. The fourth-order valence-electron chi connectivity index (χ4n) is 3.56. The third-order valence-corrected chi connectivity index (χ3v) is 5.87. The van der Waals surface area contributed by atoms with E-state index < -0.39 is 15.1 Å². The topological polar surface area (TPSA) is 34.1 Å². The van der Waals surface area contributed by atoms with Crippen LogP contribution in [0.15, 0.2) is 54.6 Å². The fourth-order valence-corrected chi connectivity index (χ4v) is 5.17. The van der Waals surface area contributed by atoms with E-state index in [0.29, 0.717) is 0 Å². The van der Waals surface area contributed by atoms with Crippen molar-refractivity contribution in [1.29, 1.82) is 0 Å². The molecule has 0 heterocycles. The van der Waals surface area contributed by atoms with E-state index in [1.54, 1.807) is 0 Å². The van der Waals surface area contributed by atoms with E-state index >= 15 is 0 Å². The van der Waals surface area contributed by atoms with Gasteiger partial charge in [-0.15, -0.1) is 0 Å². The molecule has 0 saturated heterocycles. The van der Waals surface area contributed by atoms with Crippen LogP contribution in [0.25, 0.3) is 0 Å². The first-order valence-electron chi connectivity index (χ1n) is 6.83. The third-order valence-electron chi connectivity index (χ3n) is 4.26. The van der Waals surface area contributed by atoms with Crippen molar-refractivity contribution in [2.24, 2.45) is 5.92 Å². The third kappa shape index (κ3) is 2.06. The molecular formula is C17H18O2S. The molecule has 0 amide bonds. The van der Waals surface area contributed by atoms with Gasteiger partial charge in [-0.25, -0.2) is 8.42 Å². The number of hydrogen-bond donors (Lipinski definition) is 0. The van der Waals surface area contributed by atoms with Crippen molar-refractivity contribution in [2.45, 2.75) is 18.1 Å². The summed E-state index contributed by atoms with van der Waals surface area (Å²) in [5.41, 5.74) is 3.32. The highest BCUT2D eigenvalue weighted by atomic mass is 32.2. The zero-order valence-electron chi connectivity index (χ0n) is 11.7. The summed E-state index contributed by atoms with van der Waals surface area (Å²) in [7, 11) is -3.11. The fraction of sp³-hybridized carbons (Fsp3) is 0.294. The van der Waals surface area contributed by atoms with Crippen molar-refractivity contribution in [3.63, 3.8) is 0 Å². The van der Waals surface area contributed by atoms with Crippen LogP contribution in [-0.2, 0) is 9.84 Å². The van der Waals surface area contributed by atoms with Crippen LogP contribution in [0, 0.1) is 5.92 Å². The number of sulfone groups is 1. The molecule has 3 rings (SSSR count). The van der Waals surface area contributed by atoms with Crippen molar-refractivity contribution in [2.75, 3.05) is 6.26 Å². The first-order valence-corrected chi connectivity index (χ1v) is 8.78. The maximum absolute atomic E-state index is 12.2. The average molecular weight is 286 g/mol. The number of hydrogen-bond acceptors (Lipinski definition) is 2. The molecule has 104 valence electrons. The summed E-state index contributed by atoms with van der Waals surface area (Å²) < 4.78 is 24.4. The molecular weight excluding hydrogens is 268 g/mol. The van der Waals surface area contributed by atoms with Crippen LogP contribution in [-0.4, -0.2) is 14.7 Å². The minimum atomic E-state index is -3.11. The Labute approximate surface area is 120 Å². The molecule has 0 aromatic heterocycles. The van der Waals surface area contributed by atoms with Gasteiger partial charge in [0.05, 0.1) is 5.25 Å². The molecule has 20 heavy (non-hydrogen) atoms. The molecule has 2 aromatic carbocycles. The van der Waals surface area contributed by atoms with E-state index in [1.807, 2.05) is 43.3 Å². The summed E-state index contributed by atoms with van der Waals surface area (Å²) in [4.78, 5) is 0. The molecule has 0 aliphatic heterocycles. The molecule has 3 heteroatoms. The second-order valence-electron chi connectivity index (χ2n) is 5.63. The SMILES string of the molecule is C[C@H]1[C@H](c2ccccc2)c2ccccc2[C@@H]1S(C)(=O)=O. The lowest BCUT2D eigenvalue weighted by Gasteiger charge is -2.20. The molecule has 0 radical (unpaired) electrons. The maximum atomic E-state index is 12.2. The summed E-state index contributed by atoms with van der Waals surface area (Å²) in [6, 6.07) is 18.1. The number of fused-ring (bicyclic) bond motifs is 1. The lowest BCUT2D eigenvalue weighted by Crippen LogP contribution is -2.17. The summed E-state index contributed by atoms with van der Waals surface area (Å²) in [6.45, 7) is 2.05. The van der Waals surface area contributed by atoms with Crippen molar-refractivity contribution in [1.82, 2.24) is 0 Å². The largest absolute Gasteiger partial charge is 0.228 e. The maximum Gasteiger partial charge on any atom is 0.154 e. The Bertz CT molecular complexity index is 720. The number of rotatable bonds is 2. The predicted molar refractivity (Wildman–Crippen MR) is 81.5 cm³/mol. The molecule has 0 fully saturated rings. The minimum absolute atomic E-state index is 0.0600. The molecule has 0 saturated carbocycles. The lowest BCUT2D eigenvalue weighted by atomic mass is 9.87. The molecule has 3 atom stereocenters. The molecule has 2 nitrogen and oxygen atoms in total. The highest BCUT2D eigenvalue weighted by Gasteiger charge is 2.43. The van der Waals surface area contributed by atoms with Crippen LogP contribution in [0.5, 0.6) is 0 Å². The molecule has 1 aliphatic carbocycles. The van der Waals surface area contributed by atoms with Gasteiger partial charge in [-0.05, 0) is 22.6 Å². The van der Waals surface area contributed by atoms with E-state index in [0.717, 1.165) is 11.1 Å².